The number of benzene rings is 1. The number of nitrogens with zero attached hydrogens (tertiary/aromatic N) is 1. The lowest BCUT2D eigenvalue weighted by Crippen LogP contribution is -2.36. The summed E-state index contributed by atoms with van der Waals surface area (Å²) in [6.45, 7) is 4.84. The zero-order valence-corrected chi connectivity index (χ0v) is 13.8. The van der Waals surface area contributed by atoms with Crippen LogP contribution in [0.2, 0.25) is 0 Å². The summed E-state index contributed by atoms with van der Waals surface area (Å²) in [4.78, 5) is 26.4. The van der Waals surface area contributed by atoms with Gasteiger partial charge in [-0.3, -0.25) is 9.59 Å². The summed E-state index contributed by atoms with van der Waals surface area (Å²) in [5.74, 6) is 0.640. The lowest BCUT2D eigenvalue weighted by Gasteiger charge is -2.19. The molecule has 1 atom stereocenters. The second-order valence-electron chi connectivity index (χ2n) is 7.08. The Hall–Kier alpha value is -1.88. The third-order valence-electron chi connectivity index (χ3n) is 4.50. The summed E-state index contributed by atoms with van der Waals surface area (Å²) in [7, 11) is 0. The van der Waals surface area contributed by atoms with E-state index in [9.17, 15) is 9.59 Å². The van der Waals surface area contributed by atoms with Crippen LogP contribution in [0.5, 0.6) is 0 Å². The number of rotatable bonds is 5. The fourth-order valence-corrected chi connectivity index (χ4v) is 3.09. The molecule has 124 valence electrons. The molecule has 1 aromatic rings. The van der Waals surface area contributed by atoms with Crippen LogP contribution in [-0.2, 0) is 16.0 Å². The van der Waals surface area contributed by atoms with Crippen molar-refractivity contribution < 1.29 is 9.59 Å². The van der Waals surface area contributed by atoms with Gasteiger partial charge in [0, 0.05) is 23.8 Å². The summed E-state index contributed by atoms with van der Waals surface area (Å²) < 4.78 is 0. The summed E-state index contributed by atoms with van der Waals surface area (Å²) in [5.41, 5.74) is 8.75. The van der Waals surface area contributed by atoms with E-state index < -0.39 is 6.04 Å². The monoisotopic (exact) mass is 315 g/mol. The van der Waals surface area contributed by atoms with E-state index in [0.29, 0.717) is 18.0 Å². The number of carbonyl (C=O) groups excluding carboxylic acids is 2. The predicted molar refractivity (Wildman–Crippen MR) is 91.3 cm³/mol. The van der Waals surface area contributed by atoms with Crippen LogP contribution in [-0.4, -0.2) is 24.4 Å². The van der Waals surface area contributed by atoms with Crippen LogP contribution >= 0.6 is 0 Å². The molecular formula is C18H25N3O2. The molecule has 1 saturated carbocycles. The van der Waals surface area contributed by atoms with Crippen molar-refractivity contribution in [3.8, 4) is 0 Å². The first-order valence-corrected chi connectivity index (χ1v) is 8.46. The van der Waals surface area contributed by atoms with E-state index >= 15 is 0 Å². The molecular weight excluding hydrogens is 290 g/mol. The third-order valence-corrected chi connectivity index (χ3v) is 4.50. The summed E-state index contributed by atoms with van der Waals surface area (Å²) >= 11 is 0. The molecule has 5 nitrogen and oxygen atoms in total. The zero-order valence-electron chi connectivity index (χ0n) is 13.8. The van der Waals surface area contributed by atoms with Gasteiger partial charge in [0.05, 0.1) is 6.04 Å². The van der Waals surface area contributed by atoms with Gasteiger partial charge in [0.25, 0.3) is 0 Å². The van der Waals surface area contributed by atoms with Gasteiger partial charge in [0.1, 0.15) is 0 Å². The first-order valence-electron chi connectivity index (χ1n) is 8.46. The Bertz CT molecular complexity index is 623. The van der Waals surface area contributed by atoms with Crippen LogP contribution in [0.1, 0.15) is 38.7 Å². The van der Waals surface area contributed by atoms with Crippen LogP contribution in [0.4, 0.5) is 11.4 Å². The highest BCUT2D eigenvalue weighted by Crippen LogP contribution is 2.37. The Balaban J connectivity index is 1.71. The molecule has 23 heavy (non-hydrogen) atoms. The molecule has 1 aromatic carbocycles. The molecule has 0 spiro atoms. The largest absolute Gasteiger partial charge is 0.325 e. The molecule has 0 bridgehead atoms. The van der Waals surface area contributed by atoms with Crippen LogP contribution in [0.3, 0.4) is 0 Å². The van der Waals surface area contributed by atoms with Crippen LogP contribution in [0.25, 0.3) is 0 Å². The number of fused-ring (bicyclic) bond motifs is 1. The summed E-state index contributed by atoms with van der Waals surface area (Å²) in [5, 5.41) is 2.88. The number of anilines is 2. The van der Waals surface area contributed by atoms with Crippen molar-refractivity contribution in [2.75, 3.05) is 16.8 Å². The third kappa shape index (κ3) is 3.55. The van der Waals surface area contributed by atoms with Crippen molar-refractivity contribution >= 4 is 23.2 Å². The van der Waals surface area contributed by atoms with E-state index in [-0.39, 0.29) is 17.7 Å². The van der Waals surface area contributed by atoms with Crippen molar-refractivity contribution in [2.24, 2.45) is 17.6 Å². The lowest BCUT2D eigenvalue weighted by molar-refractivity contribution is -0.119. The molecule has 0 radical (unpaired) electrons. The normalized spacial score (nSPS) is 18.0. The number of nitrogens with one attached hydrogen (secondary N) is 1. The molecule has 1 aliphatic carbocycles. The second kappa shape index (κ2) is 6.32. The van der Waals surface area contributed by atoms with Gasteiger partial charge in [-0.1, -0.05) is 19.9 Å². The van der Waals surface area contributed by atoms with Crippen LogP contribution in [0.15, 0.2) is 18.2 Å². The Morgan fingerprint density at radius 3 is 2.74 bits per heavy atom. The fraction of sp³-hybridized carbons (Fsp3) is 0.556. The van der Waals surface area contributed by atoms with E-state index in [2.05, 4.69) is 5.32 Å². The topological polar surface area (TPSA) is 75.4 Å². The van der Waals surface area contributed by atoms with Gasteiger partial charge >= 0.3 is 0 Å². The molecule has 2 amide bonds. The SMILES string of the molecule is CC(C)C[C@H](N)C(=O)Nc1ccc2c(c1)N(C(=O)C1CC1)CC2. The highest BCUT2D eigenvalue weighted by atomic mass is 16.2. The molecule has 0 unspecified atom stereocenters. The van der Waals surface area contributed by atoms with Gasteiger partial charge in [-0.2, -0.15) is 0 Å². The highest BCUT2D eigenvalue weighted by molar-refractivity contribution is 6.00. The standard InChI is InChI=1S/C18H25N3O2/c1-11(2)9-15(19)17(22)20-14-6-5-12-7-8-21(16(12)10-14)18(23)13-3-4-13/h5-6,10-11,13,15H,3-4,7-9,19H2,1-2H3,(H,20,22)/t15-/m0/s1. The molecule has 1 heterocycles. The average molecular weight is 315 g/mol. The van der Waals surface area contributed by atoms with Crippen molar-refractivity contribution in [2.45, 2.75) is 45.6 Å². The Labute approximate surface area is 137 Å². The van der Waals surface area contributed by atoms with Gasteiger partial charge in [-0.15, -0.1) is 0 Å². The maximum absolute atomic E-state index is 12.4. The Morgan fingerprint density at radius 2 is 2.09 bits per heavy atom. The summed E-state index contributed by atoms with van der Waals surface area (Å²) in [6.07, 6.45) is 3.55. The van der Waals surface area contributed by atoms with Gasteiger partial charge < -0.3 is 16.0 Å². The molecule has 5 heteroatoms. The number of amides is 2. The van der Waals surface area contributed by atoms with Crippen molar-refractivity contribution in [1.29, 1.82) is 0 Å². The molecule has 3 N–H and O–H groups in total. The molecule has 2 aliphatic rings. The van der Waals surface area contributed by atoms with Gasteiger partial charge in [-0.25, -0.2) is 0 Å². The second-order valence-corrected chi connectivity index (χ2v) is 7.08. The van der Waals surface area contributed by atoms with Gasteiger partial charge in [-0.05, 0) is 49.3 Å². The van der Waals surface area contributed by atoms with Crippen molar-refractivity contribution in [3.05, 3.63) is 23.8 Å². The molecule has 1 fully saturated rings. The molecule has 1 aliphatic heterocycles. The number of carbonyl (C=O) groups is 2. The van der Waals surface area contributed by atoms with E-state index in [1.165, 1.54) is 5.56 Å². The Kier molecular flexibility index (Phi) is 4.39. The lowest BCUT2D eigenvalue weighted by atomic mass is 10.0. The first kappa shape index (κ1) is 16.0. The van der Waals surface area contributed by atoms with Gasteiger partial charge in [0.2, 0.25) is 11.8 Å². The quantitative estimate of drug-likeness (QED) is 0.875. The molecule has 0 aromatic heterocycles. The highest BCUT2D eigenvalue weighted by Gasteiger charge is 2.36. The average Bonchev–Trinajstić information content (AvgIpc) is 3.26. The van der Waals surface area contributed by atoms with Gasteiger partial charge in [0.15, 0.2) is 0 Å². The fourth-order valence-electron chi connectivity index (χ4n) is 3.09. The van der Waals surface area contributed by atoms with Crippen molar-refractivity contribution in [1.82, 2.24) is 0 Å². The maximum atomic E-state index is 12.4. The van der Waals surface area contributed by atoms with E-state index in [1.54, 1.807) is 0 Å². The number of nitrogens with two attached hydrogens (primary N) is 1. The minimum absolute atomic E-state index is 0.170. The zero-order chi connectivity index (χ0) is 16.6. The van der Waals surface area contributed by atoms with E-state index in [4.69, 9.17) is 5.73 Å². The van der Waals surface area contributed by atoms with Crippen LogP contribution < -0.4 is 16.0 Å². The molecule has 0 saturated heterocycles. The smallest absolute Gasteiger partial charge is 0.241 e. The van der Waals surface area contributed by atoms with Crippen LogP contribution in [0, 0.1) is 11.8 Å². The van der Waals surface area contributed by atoms with E-state index in [0.717, 1.165) is 31.5 Å². The Morgan fingerprint density at radius 1 is 1.35 bits per heavy atom. The molecule has 3 rings (SSSR count). The maximum Gasteiger partial charge on any atom is 0.241 e. The minimum atomic E-state index is -0.507. The predicted octanol–water partition coefficient (Wildman–Crippen LogP) is 2.30. The van der Waals surface area contributed by atoms with E-state index in [1.807, 2.05) is 36.9 Å². The summed E-state index contributed by atoms with van der Waals surface area (Å²) in [6, 6.07) is 5.29. The number of hydrogen-bond donors (Lipinski definition) is 2. The number of hydrogen-bond acceptors (Lipinski definition) is 3. The first-order chi connectivity index (χ1) is 11.0. The minimum Gasteiger partial charge on any atom is -0.325 e. The van der Waals surface area contributed by atoms with Crippen molar-refractivity contribution in [3.63, 3.8) is 0 Å².